The van der Waals surface area contributed by atoms with E-state index in [0.29, 0.717) is 12.0 Å². The Morgan fingerprint density at radius 3 is 1.65 bits per heavy atom. The first-order valence-corrected chi connectivity index (χ1v) is 20.2. The highest BCUT2D eigenvalue weighted by atomic mass is 16.4. The van der Waals surface area contributed by atoms with Gasteiger partial charge in [0, 0.05) is 20.5 Å². The summed E-state index contributed by atoms with van der Waals surface area (Å²) in [6.45, 7) is 7.36. The Morgan fingerprint density at radius 2 is 1.16 bits per heavy atom. The van der Waals surface area contributed by atoms with Gasteiger partial charge in [-0.3, -0.25) is 47.9 Å². The van der Waals surface area contributed by atoms with Crippen LogP contribution in [0.1, 0.15) is 72.3 Å². The SMILES string of the molecule is CC[C@H](C)[C@H](NC(=O)[C@H](CC(N)=O)N(C)C(=O)[C@H](C)NC(=O)CNC(=O)[C@H](CC(N)=O)N(C)C(=O)[C@H](Cc1ccccc1)NC(=O)[C@@H](N)CC(N)=O)C(=O)N[C@@H](CC(C)C)C(=O)O. The Morgan fingerprint density at radius 1 is 0.651 bits per heavy atom. The van der Waals surface area contributed by atoms with Crippen molar-refractivity contribution >= 4 is 65.0 Å². The second-order valence-corrected chi connectivity index (χ2v) is 15.7. The summed E-state index contributed by atoms with van der Waals surface area (Å²) in [5.41, 5.74) is 22.3. The van der Waals surface area contributed by atoms with Crippen LogP contribution in [0.25, 0.3) is 0 Å². The summed E-state index contributed by atoms with van der Waals surface area (Å²) in [5, 5.41) is 21.7. The molecule has 0 radical (unpaired) electrons. The monoisotopic (exact) mass is 889 g/mol. The van der Waals surface area contributed by atoms with Gasteiger partial charge in [-0.25, -0.2) is 4.79 Å². The molecule has 0 unspecified atom stereocenters. The molecular formula is C40H63N11O12. The minimum absolute atomic E-state index is 0.0911. The number of benzene rings is 1. The van der Waals surface area contributed by atoms with Gasteiger partial charge in [-0.2, -0.15) is 0 Å². The van der Waals surface area contributed by atoms with Crippen molar-refractivity contribution in [3.8, 4) is 0 Å². The number of amides is 10. The van der Waals surface area contributed by atoms with Gasteiger partial charge in [0.05, 0.1) is 31.8 Å². The van der Waals surface area contributed by atoms with Gasteiger partial charge in [0.2, 0.25) is 59.1 Å². The van der Waals surface area contributed by atoms with Crippen molar-refractivity contribution in [3.05, 3.63) is 35.9 Å². The summed E-state index contributed by atoms with van der Waals surface area (Å²) in [6.07, 6.45) is -1.57. The Kier molecular flexibility index (Phi) is 22.4. The zero-order chi connectivity index (χ0) is 48.3. The van der Waals surface area contributed by atoms with E-state index in [-0.39, 0.29) is 18.8 Å². The molecule has 0 aliphatic rings. The van der Waals surface area contributed by atoms with E-state index in [1.807, 2.05) is 0 Å². The Hall–Kier alpha value is -6.65. The average molecular weight is 890 g/mol. The summed E-state index contributed by atoms with van der Waals surface area (Å²) in [4.78, 5) is 143. The molecule has 1 aromatic carbocycles. The number of carboxylic acid groups (broad SMARTS) is 1. The molecule has 0 fully saturated rings. The van der Waals surface area contributed by atoms with Crippen molar-refractivity contribution in [2.45, 2.75) is 115 Å². The van der Waals surface area contributed by atoms with E-state index in [9.17, 15) is 57.8 Å². The van der Waals surface area contributed by atoms with Gasteiger partial charge in [-0.1, -0.05) is 64.4 Å². The molecule has 0 saturated heterocycles. The molecule has 0 spiro atoms. The average Bonchev–Trinajstić information content (AvgIpc) is 3.20. The molecule has 14 N–H and O–H groups in total. The predicted octanol–water partition coefficient (Wildman–Crippen LogP) is -3.91. The zero-order valence-corrected chi connectivity index (χ0v) is 36.7. The Bertz CT molecular complexity index is 1830. The van der Waals surface area contributed by atoms with Crippen LogP contribution in [0, 0.1) is 11.8 Å². The fourth-order valence-electron chi connectivity index (χ4n) is 6.23. The molecular weight excluding hydrogens is 827 g/mol. The van der Waals surface area contributed by atoms with E-state index in [1.54, 1.807) is 58.0 Å². The molecule has 1 rings (SSSR count). The normalized spacial score (nSPS) is 14.7. The minimum atomic E-state index is -1.61. The quantitative estimate of drug-likeness (QED) is 0.0404. The molecule has 350 valence electrons. The zero-order valence-electron chi connectivity index (χ0n) is 36.7. The highest BCUT2D eigenvalue weighted by Crippen LogP contribution is 2.14. The summed E-state index contributed by atoms with van der Waals surface area (Å²) < 4.78 is 0. The van der Waals surface area contributed by atoms with Crippen molar-refractivity contribution in [1.82, 2.24) is 36.4 Å². The third-order valence-electron chi connectivity index (χ3n) is 9.97. The summed E-state index contributed by atoms with van der Waals surface area (Å²) in [6, 6.07) is -1.48. The van der Waals surface area contributed by atoms with E-state index in [4.69, 9.17) is 22.9 Å². The Labute approximate surface area is 365 Å². The number of carbonyl (C=O) groups is 11. The summed E-state index contributed by atoms with van der Waals surface area (Å²) in [5.74, 6) is -11.2. The highest BCUT2D eigenvalue weighted by Gasteiger charge is 2.37. The number of likely N-dealkylation sites (N-methyl/N-ethyl adjacent to an activating group) is 2. The van der Waals surface area contributed by atoms with Gasteiger partial charge in [0.15, 0.2) is 0 Å². The van der Waals surface area contributed by atoms with E-state index in [0.717, 1.165) is 23.9 Å². The van der Waals surface area contributed by atoms with Crippen LogP contribution in [0.3, 0.4) is 0 Å². The van der Waals surface area contributed by atoms with Gasteiger partial charge >= 0.3 is 5.97 Å². The third kappa shape index (κ3) is 18.5. The molecule has 0 saturated carbocycles. The second kappa shape index (κ2) is 26.0. The highest BCUT2D eigenvalue weighted by molar-refractivity contribution is 5.99. The van der Waals surface area contributed by atoms with Crippen LogP contribution in [-0.2, 0) is 59.2 Å². The number of nitrogens with zero attached hydrogens (tertiary/aromatic N) is 2. The lowest BCUT2D eigenvalue weighted by Gasteiger charge is -2.32. The first-order valence-electron chi connectivity index (χ1n) is 20.2. The number of rotatable bonds is 27. The van der Waals surface area contributed by atoms with Crippen LogP contribution in [-0.4, -0.2) is 143 Å². The van der Waals surface area contributed by atoms with Crippen LogP contribution in [0.2, 0.25) is 0 Å². The van der Waals surface area contributed by atoms with Crippen LogP contribution in [0.4, 0.5) is 0 Å². The van der Waals surface area contributed by atoms with Crippen LogP contribution >= 0.6 is 0 Å². The van der Waals surface area contributed by atoms with Crippen LogP contribution < -0.4 is 49.5 Å². The van der Waals surface area contributed by atoms with Gasteiger partial charge in [-0.05, 0) is 30.7 Å². The Balaban J connectivity index is 3.18. The van der Waals surface area contributed by atoms with Gasteiger partial charge in [0.25, 0.3) is 0 Å². The van der Waals surface area contributed by atoms with Crippen molar-refractivity contribution < 1.29 is 57.8 Å². The largest absolute Gasteiger partial charge is 0.480 e. The number of aliphatic carboxylic acids is 1. The molecule has 8 atom stereocenters. The molecule has 0 aliphatic carbocycles. The number of carboxylic acids is 1. The molecule has 0 aliphatic heterocycles. The van der Waals surface area contributed by atoms with Crippen molar-refractivity contribution in [1.29, 1.82) is 0 Å². The molecule has 0 bridgehead atoms. The first-order chi connectivity index (χ1) is 29.3. The van der Waals surface area contributed by atoms with Gasteiger partial charge < -0.3 is 64.4 Å². The molecule has 10 amide bonds. The summed E-state index contributed by atoms with van der Waals surface area (Å²) >= 11 is 0. The van der Waals surface area contributed by atoms with E-state index >= 15 is 0 Å². The molecule has 63 heavy (non-hydrogen) atoms. The maximum atomic E-state index is 13.8. The predicted molar refractivity (Wildman–Crippen MR) is 226 cm³/mol. The fourth-order valence-corrected chi connectivity index (χ4v) is 6.23. The van der Waals surface area contributed by atoms with Crippen LogP contribution in [0.15, 0.2) is 30.3 Å². The topological polar surface area (TPSA) is 379 Å². The molecule has 23 nitrogen and oxygen atoms in total. The van der Waals surface area contributed by atoms with Gasteiger partial charge in [0.1, 0.15) is 36.3 Å². The second-order valence-electron chi connectivity index (χ2n) is 15.7. The number of hydrogen-bond donors (Lipinski definition) is 10. The maximum Gasteiger partial charge on any atom is 0.326 e. The first kappa shape index (κ1) is 54.4. The number of primary amides is 3. The number of nitrogens with one attached hydrogen (secondary N) is 5. The van der Waals surface area contributed by atoms with E-state index in [1.165, 1.54) is 6.92 Å². The third-order valence-corrected chi connectivity index (χ3v) is 9.97. The number of carbonyl (C=O) groups excluding carboxylic acids is 10. The maximum absolute atomic E-state index is 13.8. The number of nitrogens with two attached hydrogens (primary N) is 4. The molecule has 1 aromatic rings. The van der Waals surface area contributed by atoms with E-state index < -0.39 is 139 Å². The van der Waals surface area contributed by atoms with Crippen LogP contribution in [0.5, 0.6) is 0 Å². The van der Waals surface area contributed by atoms with Crippen molar-refractivity contribution in [3.63, 3.8) is 0 Å². The van der Waals surface area contributed by atoms with Crippen molar-refractivity contribution in [2.75, 3.05) is 20.6 Å². The lowest BCUT2D eigenvalue weighted by atomic mass is 9.96. The van der Waals surface area contributed by atoms with Crippen molar-refractivity contribution in [2.24, 2.45) is 34.8 Å². The smallest absolute Gasteiger partial charge is 0.326 e. The molecule has 0 heterocycles. The lowest BCUT2D eigenvalue weighted by Crippen LogP contribution is -2.60. The van der Waals surface area contributed by atoms with E-state index in [2.05, 4.69) is 26.6 Å². The standard InChI is InChI=1S/C40H63N11O12/c1-8-21(4)33(37(59)48-26(40(62)63)14-20(2)3)49-36(58)28(18-31(44)54)50(6)38(60)22(5)46-32(55)19-45-35(57)27(17-30(43)53)51(7)39(61)25(15-23-12-10-9-11-13-23)47-34(56)24(41)16-29(42)52/h9-13,20-22,24-28,33H,8,14-19,41H2,1-7H3,(H2,42,52)(H2,43,53)(H2,44,54)(H,45,57)(H,46,55)(H,47,56)(H,48,59)(H,49,58)(H,62,63)/t21-,22-,24-,25-,26-,27-,28-,33-/m0/s1. The molecule has 0 aromatic heterocycles. The lowest BCUT2D eigenvalue weighted by molar-refractivity contribution is -0.145. The molecule has 23 heteroatoms. The summed E-state index contributed by atoms with van der Waals surface area (Å²) in [7, 11) is 2.32. The number of hydrogen-bond acceptors (Lipinski definition) is 12. The minimum Gasteiger partial charge on any atom is -0.480 e. The van der Waals surface area contributed by atoms with Gasteiger partial charge in [-0.15, -0.1) is 0 Å². The fraction of sp³-hybridized carbons (Fsp3) is 0.575.